The number of pyridine rings is 1. The highest BCUT2D eigenvalue weighted by Gasteiger charge is 2.25. The van der Waals surface area contributed by atoms with E-state index >= 15 is 0 Å². The van der Waals surface area contributed by atoms with Crippen LogP contribution in [-0.2, 0) is 0 Å². The van der Waals surface area contributed by atoms with Crippen molar-refractivity contribution in [1.82, 2.24) is 20.1 Å². The van der Waals surface area contributed by atoms with E-state index in [1.807, 2.05) is 18.0 Å². The minimum atomic E-state index is -0.00819. The minimum absolute atomic E-state index is 0.00819. The molecule has 3 rings (SSSR count). The Kier molecular flexibility index (Phi) is 3.19. The normalized spacial score (nSPS) is 16.7. The second kappa shape index (κ2) is 4.99. The van der Waals surface area contributed by atoms with Gasteiger partial charge in [0.1, 0.15) is 0 Å². The molecule has 100 valence electrons. The molecule has 0 aromatic carbocycles. The Hall–Kier alpha value is -1.91. The maximum absolute atomic E-state index is 12.5. The second-order valence-corrected chi connectivity index (χ2v) is 5.20. The Morgan fingerprint density at radius 1 is 1.37 bits per heavy atom. The fourth-order valence-electron chi connectivity index (χ4n) is 2.82. The monoisotopic (exact) mass is 258 g/mol. The highest BCUT2D eigenvalue weighted by molar-refractivity contribution is 6.04. The van der Waals surface area contributed by atoms with Crippen LogP contribution in [0.1, 0.15) is 42.6 Å². The van der Waals surface area contributed by atoms with Crippen molar-refractivity contribution in [1.29, 1.82) is 0 Å². The van der Waals surface area contributed by atoms with Gasteiger partial charge >= 0.3 is 0 Å². The maximum Gasteiger partial charge on any atom is 0.275 e. The Labute approximate surface area is 112 Å². The molecule has 2 aromatic rings. The van der Waals surface area contributed by atoms with Gasteiger partial charge in [-0.25, -0.2) is 0 Å². The number of amides is 1. The number of H-pyrrole nitrogens is 1. The molecule has 1 aliphatic rings. The number of fused-ring (bicyclic) bond motifs is 1. The zero-order valence-electron chi connectivity index (χ0n) is 11.1. The van der Waals surface area contributed by atoms with Gasteiger partial charge in [0.15, 0.2) is 5.69 Å². The molecule has 1 fully saturated rings. The average Bonchev–Trinajstić information content (AvgIpc) is 2.90. The van der Waals surface area contributed by atoms with Crippen molar-refractivity contribution in [2.45, 2.75) is 38.1 Å². The number of aromatic nitrogens is 3. The van der Waals surface area contributed by atoms with Crippen LogP contribution in [0.5, 0.6) is 0 Å². The smallest absolute Gasteiger partial charge is 0.275 e. The molecule has 0 atom stereocenters. The molecule has 1 aliphatic carbocycles. The van der Waals surface area contributed by atoms with Crippen molar-refractivity contribution < 1.29 is 4.79 Å². The number of hydrogen-bond acceptors (Lipinski definition) is 3. The van der Waals surface area contributed by atoms with Gasteiger partial charge in [-0.1, -0.05) is 19.3 Å². The summed E-state index contributed by atoms with van der Waals surface area (Å²) in [7, 11) is 1.88. The summed E-state index contributed by atoms with van der Waals surface area (Å²) < 4.78 is 0. The third-order valence-corrected chi connectivity index (χ3v) is 4.01. The predicted octanol–water partition coefficient (Wildman–Crippen LogP) is 2.36. The molecule has 5 nitrogen and oxygen atoms in total. The molecule has 5 heteroatoms. The van der Waals surface area contributed by atoms with Gasteiger partial charge in [-0.2, -0.15) is 5.10 Å². The van der Waals surface area contributed by atoms with Crippen molar-refractivity contribution in [2.24, 2.45) is 0 Å². The molecular weight excluding hydrogens is 240 g/mol. The summed E-state index contributed by atoms with van der Waals surface area (Å²) in [6.07, 6.45) is 9.30. The fourth-order valence-corrected chi connectivity index (χ4v) is 2.82. The molecule has 1 N–H and O–H groups in total. The van der Waals surface area contributed by atoms with E-state index in [9.17, 15) is 4.79 Å². The van der Waals surface area contributed by atoms with Crippen LogP contribution in [-0.4, -0.2) is 39.1 Å². The van der Waals surface area contributed by atoms with E-state index in [0.29, 0.717) is 11.7 Å². The van der Waals surface area contributed by atoms with Crippen molar-refractivity contribution >= 4 is 16.8 Å². The highest BCUT2D eigenvalue weighted by atomic mass is 16.2. The van der Waals surface area contributed by atoms with E-state index in [2.05, 4.69) is 15.2 Å². The predicted molar refractivity (Wildman–Crippen MR) is 72.9 cm³/mol. The zero-order valence-corrected chi connectivity index (χ0v) is 11.1. The lowest BCUT2D eigenvalue weighted by atomic mass is 9.94. The van der Waals surface area contributed by atoms with E-state index in [4.69, 9.17) is 0 Å². The fraction of sp³-hybridized carbons (Fsp3) is 0.500. The van der Waals surface area contributed by atoms with E-state index in [1.54, 1.807) is 12.4 Å². The lowest BCUT2D eigenvalue weighted by Crippen LogP contribution is -2.38. The van der Waals surface area contributed by atoms with E-state index in [1.165, 1.54) is 19.3 Å². The lowest BCUT2D eigenvalue weighted by Gasteiger charge is -2.30. The van der Waals surface area contributed by atoms with Crippen molar-refractivity contribution in [2.75, 3.05) is 7.05 Å². The topological polar surface area (TPSA) is 61.9 Å². The number of nitrogens with zero attached hydrogens (tertiary/aromatic N) is 3. The van der Waals surface area contributed by atoms with Crippen LogP contribution >= 0.6 is 0 Å². The van der Waals surface area contributed by atoms with Crippen LogP contribution < -0.4 is 0 Å². The Bertz CT molecular complexity index is 586. The number of nitrogens with one attached hydrogen (secondary N) is 1. The second-order valence-electron chi connectivity index (χ2n) is 5.20. The third kappa shape index (κ3) is 2.20. The Morgan fingerprint density at radius 3 is 2.95 bits per heavy atom. The molecule has 2 heterocycles. The minimum Gasteiger partial charge on any atom is -0.337 e. The number of rotatable bonds is 2. The number of aromatic amines is 1. The summed E-state index contributed by atoms with van der Waals surface area (Å²) in [5, 5.41) is 7.85. The first-order valence-electron chi connectivity index (χ1n) is 6.82. The molecule has 19 heavy (non-hydrogen) atoms. The van der Waals surface area contributed by atoms with Gasteiger partial charge in [-0.05, 0) is 18.9 Å². The molecule has 0 radical (unpaired) electrons. The molecule has 0 spiro atoms. The maximum atomic E-state index is 12.5. The van der Waals surface area contributed by atoms with Crippen molar-refractivity contribution in [3.05, 3.63) is 24.2 Å². The molecule has 0 unspecified atom stereocenters. The van der Waals surface area contributed by atoms with E-state index in [0.717, 1.165) is 23.7 Å². The van der Waals surface area contributed by atoms with Crippen LogP contribution in [0.15, 0.2) is 18.5 Å². The van der Waals surface area contributed by atoms with E-state index in [-0.39, 0.29) is 5.91 Å². The van der Waals surface area contributed by atoms with Crippen LogP contribution in [0.25, 0.3) is 10.9 Å². The summed E-state index contributed by atoms with van der Waals surface area (Å²) in [6, 6.07) is 2.18. The van der Waals surface area contributed by atoms with Crippen molar-refractivity contribution in [3.8, 4) is 0 Å². The van der Waals surface area contributed by atoms with Gasteiger partial charge in [0.25, 0.3) is 5.91 Å². The summed E-state index contributed by atoms with van der Waals surface area (Å²) in [6.45, 7) is 0. The summed E-state index contributed by atoms with van der Waals surface area (Å²) >= 11 is 0. The average molecular weight is 258 g/mol. The number of hydrogen-bond donors (Lipinski definition) is 1. The summed E-state index contributed by atoms with van der Waals surface area (Å²) in [5.41, 5.74) is 1.34. The highest BCUT2D eigenvalue weighted by Crippen LogP contribution is 2.24. The first-order chi connectivity index (χ1) is 9.27. The molecule has 0 saturated heterocycles. The van der Waals surface area contributed by atoms with Gasteiger partial charge in [0, 0.05) is 25.5 Å². The molecule has 1 saturated carbocycles. The van der Waals surface area contributed by atoms with Crippen LogP contribution in [0.3, 0.4) is 0 Å². The van der Waals surface area contributed by atoms with Crippen LogP contribution in [0, 0.1) is 0 Å². The summed E-state index contributed by atoms with van der Waals surface area (Å²) in [4.78, 5) is 18.5. The van der Waals surface area contributed by atoms with Crippen molar-refractivity contribution in [3.63, 3.8) is 0 Å². The Balaban J connectivity index is 1.86. The van der Waals surface area contributed by atoms with Gasteiger partial charge in [-0.15, -0.1) is 0 Å². The molecule has 1 amide bonds. The third-order valence-electron chi connectivity index (χ3n) is 4.01. The first-order valence-corrected chi connectivity index (χ1v) is 6.82. The molecular formula is C14H18N4O. The van der Waals surface area contributed by atoms with Gasteiger partial charge in [0.05, 0.1) is 10.9 Å². The number of carbonyl (C=O) groups is 1. The first kappa shape index (κ1) is 12.1. The molecule has 0 bridgehead atoms. The standard InChI is InChI=1S/C14H18N4O/c1-18(10-5-3-2-4-6-10)14(19)13-11-9-15-8-7-12(11)16-17-13/h7-10H,2-6H2,1H3,(H,16,17). The molecule has 2 aromatic heterocycles. The quantitative estimate of drug-likeness (QED) is 0.899. The zero-order chi connectivity index (χ0) is 13.2. The van der Waals surface area contributed by atoms with Gasteiger partial charge in [0.2, 0.25) is 0 Å². The molecule has 0 aliphatic heterocycles. The van der Waals surface area contributed by atoms with Gasteiger partial charge < -0.3 is 4.90 Å². The SMILES string of the molecule is CN(C(=O)c1n[nH]c2ccncc12)C1CCCCC1. The summed E-state index contributed by atoms with van der Waals surface area (Å²) in [5.74, 6) is -0.00819. The van der Waals surface area contributed by atoms with Crippen LogP contribution in [0.2, 0.25) is 0 Å². The van der Waals surface area contributed by atoms with E-state index < -0.39 is 0 Å². The largest absolute Gasteiger partial charge is 0.337 e. The van der Waals surface area contributed by atoms with Crippen LogP contribution in [0.4, 0.5) is 0 Å². The Morgan fingerprint density at radius 2 is 2.16 bits per heavy atom. The lowest BCUT2D eigenvalue weighted by molar-refractivity contribution is 0.0692. The number of carbonyl (C=O) groups excluding carboxylic acids is 1. The van der Waals surface area contributed by atoms with Gasteiger partial charge in [-0.3, -0.25) is 14.9 Å².